The minimum Gasteiger partial charge on any atom is -0.388 e. The van der Waals surface area contributed by atoms with Crippen molar-refractivity contribution >= 4 is 5.91 Å². The molecule has 20 heavy (non-hydrogen) atoms. The van der Waals surface area contributed by atoms with Gasteiger partial charge in [0.25, 0.3) is 5.91 Å². The average Bonchev–Trinajstić information content (AvgIpc) is 2.39. The molecule has 1 aromatic carbocycles. The molecule has 0 aliphatic carbocycles. The van der Waals surface area contributed by atoms with Gasteiger partial charge in [0.05, 0.1) is 11.1 Å². The van der Waals surface area contributed by atoms with E-state index in [0.29, 0.717) is 18.4 Å². The maximum atomic E-state index is 12.4. The Labute approximate surface area is 121 Å². The Morgan fingerprint density at radius 3 is 2.10 bits per heavy atom. The second-order valence-corrected chi connectivity index (χ2v) is 5.45. The van der Waals surface area contributed by atoms with Gasteiger partial charge in [-0.05, 0) is 38.8 Å². The number of hydrogen-bond donors (Lipinski definition) is 2. The van der Waals surface area contributed by atoms with Gasteiger partial charge in [0, 0.05) is 5.56 Å². The van der Waals surface area contributed by atoms with Gasteiger partial charge >= 0.3 is 0 Å². The monoisotopic (exact) mass is 273 g/mol. The molecule has 0 radical (unpaired) electrons. The van der Waals surface area contributed by atoms with Crippen molar-refractivity contribution in [3.8, 4) is 0 Å². The van der Waals surface area contributed by atoms with E-state index in [0.717, 1.165) is 0 Å². The summed E-state index contributed by atoms with van der Waals surface area (Å²) in [6.45, 7) is 10.8. The van der Waals surface area contributed by atoms with Crippen molar-refractivity contribution in [2.24, 2.45) is 0 Å². The Balaban J connectivity index is 3.09. The molecule has 2 N–H and O–H groups in total. The van der Waals surface area contributed by atoms with Crippen LogP contribution in [0.1, 0.15) is 37.0 Å². The molecule has 108 valence electrons. The van der Waals surface area contributed by atoms with Crippen LogP contribution in [0.15, 0.2) is 55.6 Å². The summed E-state index contributed by atoms with van der Waals surface area (Å²) in [5.74, 6) is -0.212. The zero-order valence-corrected chi connectivity index (χ0v) is 12.2. The summed E-state index contributed by atoms with van der Waals surface area (Å²) < 4.78 is 0. The summed E-state index contributed by atoms with van der Waals surface area (Å²) in [6, 6.07) is 8.95. The van der Waals surface area contributed by atoms with Crippen LogP contribution in [0, 0.1) is 0 Å². The minimum absolute atomic E-state index is 0.212. The first-order chi connectivity index (χ1) is 9.36. The molecule has 0 heterocycles. The number of hydrogen-bond acceptors (Lipinski definition) is 2. The first-order valence-corrected chi connectivity index (χ1v) is 6.68. The summed E-state index contributed by atoms with van der Waals surface area (Å²) in [6.07, 6.45) is 4.32. The van der Waals surface area contributed by atoms with Crippen LogP contribution in [0.2, 0.25) is 0 Å². The molecule has 0 aliphatic rings. The number of carbonyl (C=O) groups is 1. The van der Waals surface area contributed by atoms with E-state index in [1.54, 1.807) is 38.1 Å². The number of amides is 1. The van der Waals surface area contributed by atoms with Crippen LogP contribution < -0.4 is 5.32 Å². The van der Waals surface area contributed by atoms with Gasteiger partial charge in [-0.2, -0.15) is 0 Å². The van der Waals surface area contributed by atoms with Crippen LogP contribution in [0.3, 0.4) is 0 Å². The highest BCUT2D eigenvalue weighted by molar-refractivity contribution is 5.94. The molecule has 0 bridgehead atoms. The first kappa shape index (κ1) is 16.2. The number of carbonyl (C=O) groups excluding carboxylic acids is 1. The summed E-state index contributed by atoms with van der Waals surface area (Å²) in [5.41, 5.74) is -1.35. The van der Waals surface area contributed by atoms with E-state index in [-0.39, 0.29) is 5.91 Å². The SMILES string of the molecule is C=CCC(CC=C)(NC(=O)c1ccccc1)C(C)(C)O. The molecule has 0 fully saturated rings. The fourth-order valence-electron chi connectivity index (χ4n) is 2.21. The fraction of sp³-hybridized carbons (Fsp3) is 0.353. The molecule has 3 heteroatoms. The normalized spacial score (nSPS) is 11.8. The molecule has 0 unspecified atom stereocenters. The van der Waals surface area contributed by atoms with Gasteiger partial charge in [-0.25, -0.2) is 0 Å². The molecule has 0 saturated heterocycles. The molecule has 3 nitrogen and oxygen atoms in total. The molecule has 1 rings (SSSR count). The third-order valence-electron chi connectivity index (χ3n) is 3.55. The van der Waals surface area contributed by atoms with Gasteiger partial charge in [0.2, 0.25) is 0 Å². The van der Waals surface area contributed by atoms with Crippen LogP contribution in [-0.2, 0) is 0 Å². The standard InChI is InChI=1S/C17H23NO2/c1-5-12-17(13-6-2,16(3,4)20)18-15(19)14-10-8-7-9-11-14/h5-11,20H,1-2,12-13H2,3-4H3,(H,18,19). The minimum atomic E-state index is -1.10. The van der Waals surface area contributed by atoms with E-state index in [2.05, 4.69) is 18.5 Å². The third kappa shape index (κ3) is 3.58. The smallest absolute Gasteiger partial charge is 0.251 e. The van der Waals surface area contributed by atoms with Crippen molar-refractivity contribution in [2.45, 2.75) is 37.8 Å². The molecular formula is C17H23NO2. The van der Waals surface area contributed by atoms with E-state index in [9.17, 15) is 9.90 Å². The maximum absolute atomic E-state index is 12.4. The van der Waals surface area contributed by atoms with Crippen LogP contribution in [0.25, 0.3) is 0 Å². The number of aliphatic hydroxyl groups is 1. The molecule has 0 atom stereocenters. The highest BCUT2D eigenvalue weighted by Crippen LogP contribution is 2.30. The highest BCUT2D eigenvalue weighted by Gasteiger charge is 2.43. The van der Waals surface area contributed by atoms with Crippen molar-refractivity contribution in [3.05, 3.63) is 61.2 Å². The van der Waals surface area contributed by atoms with Crippen LogP contribution in [0.5, 0.6) is 0 Å². The van der Waals surface area contributed by atoms with Crippen molar-refractivity contribution < 1.29 is 9.90 Å². The van der Waals surface area contributed by atoms with Crippen LogP contribution in [0.4, 0.5) is 0 Å². The van der Waals surface area contributed by atoms with Crippen LogP contribution in [-0.4, -0.2) is 22.2 Å². The molecule has 0 aliphatic heterocycles. The van der Waals surface area contributed by atoms with E-state index in [4.69, 9.17) is 0 Å². The topological polar surface area (TPSA) is 49.3 Å². The molecule has 0 spiro atoms. The van der Waals surface area contributed by atoms with Crippen LogP contribution >= 0.6 is 0 Å². The molecule has 1 amide bonds. The van der Waals surface area contributed by atoms with E-state index >= 15 is 0 Å². The van der Waals surface area contributed by atoms with E-state index in [1.165, 1.54) is 0 Å². The second kappa shape index (κ2) is 6.53. The second-order valence-electron chi connectivity index (χ2n) is 5.45. The maximum Gasteiger partial charge on any atom is 0.251 e. The largest absolute Gasteiger partial charge is 0.388 e. The lowest BCUT2D eigenvalue weighted by molar-refractivity contribution is -0.0178. The fourth-order valence-corrected chi connectivity index (χ4v) is 2.21. The number of benzene rings is 1. The van der Waals surface area contributed by atoms with Gasteiger partial charge in [-0.1, -0.05) is 30.4 Å². The Kier molecular flexibility index (Phi) is 5.28. The van der Waals surface area contributed by atoms with Gasteiger partial charge in [0.1, 0.15) is 0 Å². The predicted molar refractivity (Wildman–Crippen MR) is 82.6 cm³/mol. The summed E-state index contributed by atoms with van der Waals surface area (Å²) in [4.78, 5) is 12.4. The molecule has 0 aromatic heterocycles. The van der Waals surface area contributed by atoms with Crippen molar-refractivity contribution in [2.75, 3.05) is 0 Å². The molecular weight excluding hydrogens is 250 g/mol. The lowest BCUT2D eigenvalue weighted by Gasteiger charge is -2.43. The zero-order chi connectivity index (χ0) is 15.2. The highest BCUT2D eigenvalue weighted by atomic mass is 16.3. The third-order valence-corrected chi connectivity index (χ3v) is 3.55. The van der Waals surface area contributed by atoms with Gasteiger partial charge in [-0.15, -0.1) is 13.2 Å². The first-order valence-electron chi connectivity index (χ1n) is 6.68. The zero-order valence-electron chi connectivity index (χ0n) is 12.2. The Morgan fingerprint density at radius 1 is 1.20 bits per heavy atom. The van der Waals surface area contributed by atoms with E-state index < -0.39 is 11.1 Å². The molecule has 0 saturated carbocycles. The Bertz CT molecular complexity index is 462. The van der Waals surface area contributed by atoms with Crippen molar-refractivity contribution in [1.29, 1.82) is 0 Å². The molecule has 1 aromatic rings. The number of nitrogens with one attached hydrogen (secondary N) is 1. The van der Waals surface area contributed by atoms with E-state index in [1.807, 2.05) is 18.2 Å². The predicted octanol–water partition coefficient (Wildman–Crippen LogP) is 3.08. The Hall–Kier alpha value is -1.87. The summed E-state index contributed by atoms with van der Waals surface area (Å²) >= 11 is 0. The van der Waals surface area contributed by atoms with Gasteiger partial charge < -0.3 is 10.4 Å². The lowest BCUT2D eigenvalue weighted by Crippen LogP contribution is -2.61. The quantitative estimate of drug-likeness (QED) is 0.750. The number of rotatable bonds is 7. The van der Waals surface area contributed by atoms with Gasteiger partial charge in [-0.3, -0.25) is 4.79 Å². The van der Waals surface area contributed by atoms with Crippen molar-refractivity contribution in [3.63, 3.8) is 0 Å². The summed E-state index contributed by atoms with van der Waals surface area (Å²) in [5, 5.41) is 13.4. The average molecular weight is 273 g/mol. The summed E-state index contributed by atoms with van der Waals surface area (Å²) in [7, 11) is 0. The van der Waals surface area contributed by atoms with Gasteiger partial charge in [0.15, 0.2) is 0 Å². The van der Waals surface area contributed by atoms with Crippen molar-refractivity contribution in [1.82, 2.24) is 5.32 Å². The Morgan fingerprint density at radius 2 is 1.70 bits per heavy atom. The lowest BCUT2D eigenvalue weighted by atomic mass is 9.76.